The Bertz CT molecular complexity index is 1610. The van der Waals surface area contributed by atoms with E-state index in [1.165, 1.54) is 44.6 Å². The number of likely N-dealkylation sites (tertiary alicyclic amines) is 1. The number of ether oxygens (including phenoxy) is 2. The van der Waals surface area contributed by atoms with Crippen molar-refractivity contribution in [3.63, 3.8) is 0 Å². The van der Waals surface area contributed by atoms with Crippen molar-refractivity contribution in [2.24, 2.45) is 0 Å². The Morgan fingerprint density at radius 1 is 0.959 bits per heavy atom. The average Bonchev–Trinajstić information content (AvgIpc) is 3.07. The van der Waals surface area contributed by atoms with E-state index >= 15 is 0 Å². The lowest BCUT2D eigenvalue weighted by atomic mass is 9.85. The fraction of sp³-hybridized carbons (Fsp3) is 0.500. The number of carbonyl (C=O) groups is 1. The van der Waals surface area contributed by atoms with E-state index in [1.54, 1.807) is 24.3 Å². The molecule has 1 fully saturated rings. The number of likely N-dealkylation sites (N-methyl/N-ethyl adjacent to an activating group) is 1. The number of rotatable bonds is 18. The van der Waals surface area contributed by atoms with Crippen LogP contribution in [0.3, 0.4) is 0 Å². The molecular weight excluding hydrogens is 642 g/mol. The van der Waals surface area contributed by atoms with Crippen molar-refractivity contribution >= 4 is 28.7 Å². The fourth-order valence-electron chi connectivity index (χ4n) is 6.40. The highest BCUT2D eigenvalue weighted by molar-refractivity contribution is 6.33. The van der Waals surface area contributed by atoms with E-state index in [0.29, 0.717) is 35.7 Å². The van der Waals surface area contributed by atoms with Crippen molar-refractivity contribution in [2.75, 3.05) is 26.7 Å². The molecule has 1 saturated heterocycles. The fourth-order valence-corrected chi connectivity index (χ4v) is 6.63. The number of allylic oxidation sites excluding steroid dienone is 4. The molecule has 0 bridgehead atoms. The minimum Gasteiger partial charge on any atom is -0.507 e. The number of carbonyl (C=O) groups excluding carboxylic acids is 1. The zero-order chi connectivity index (χ0) is 35.0. The summed E-state index contributed by atoms with van der Waals surface area (Å²) < 4.78 is 17.5. The predicted octanol–water partition coefficient (Wildman–Crippen LogP) is 10.3. The Balaban J connectivity index is 1.27. The van der Waals surface area contributed by atoms with Crippen molar-refractivity contribution in [2.45, 2.75) is 102 Å². The summed E-state index contributed by atoms with van der Waals surface area (Å²) in [7, 11) is 1.92. The van der Waals surface area contributed by atoms with Crippen molar-refractivity contribution in [3.05, 3.63) is 81.5 Å². The Morgan fingerprint density at radius 3 is 2.39 bits per heavy atom. The number of aromatic hydroxyl groups is 2. The number of hydrogen-bond donors (Lipinski definition) is 2. The van der Waals surface area contributed by atoms with E-state index in [0.717, 1.165) is 44.6 Å². The molecule has 0 amide bonds. The summed E-state index contributed by atoms with van der Waals surface area (Å²) in [6.45, 7) is 3.54. The molecule has 266 valence electrons. The molecule has 2 atom stereocenters. The first-order valence-corrected chi connectivity index (χ1v) is 18.3. The average molecular weight is 694 g/mol. The monoisotopic (exact) mass is 693 g/mol. The number of fused-ring (bicyclic) bond motifs is 1. The standard InChI is InChI=1S/C40H52ClNO7/c1-3-4-5-6-7-8-9-10-11-12-13-14-15-16-17-20-25-47-40(46)49-36-28-42(2)24-23-30(36)37-32(43)26-33(44)38-34(45)27-35(48-39(37)38)29-21-18-19-22-31(29)41/h7-8,10-11,18-19,21-22,26-27,30,36,43-44H,3-6,9,12-17,20,23-25,28H2,1-2H3/b8-7-,11-10-. The second kappa shape index (κ2) is 20.1. The zero-order valence-electron chi connectivity index (χ0n) is 29.0. The molecule has 1 aliphatic rings. The van der Waals surface area contributed by atoms with Crippen LogP contribution in [-0.2, 0) is 9.47 Å². The first-order valence-electron chi connectivity index (χ1n) is 17.9. The topological polar surface area (TPSA) is 109 Å². The summed E-state index contributed by atoms with van der Waals surface area (Å²) in [4.78, 5) is 28.1. The minimum atomic E-state index is -0.770. The van der Waals surface area contributed by atoms with E-state index < -0.39 is 29.4 Å². The van der Waals surface area contributed by atoms with Crippen LogP contribution in [0.1, 0.15) is 102 Å². The molecule has 3 aromatic rings. The number of unbranched alkanes of at least 4 members (excludes halogenated alkanes) is 9. The summed E-state index contributed by atoms with van der Waals surface area (Å²) in [5, 5.41) is 22.1. The van der Waals surface area contributed by atoms with Gasteiger partial charge in [0.15, 0.2) is 5.43 Å². The van der Waals surface area contributed by atoms with Crippen LogP contribution < -0.4 is 5.43 Å². The van der Waals surface area contributed by atoms with Crippen LogP contribution in [0, 0.1) is 0 Å². The molecule has 8 nitrogen and oxygen atoms in total. The largest absolute Gasteiger partial charge is 0.508 e. The van der Waals surface area contributed by atoms with Crippen molar-refractivity contribution in [1.29, 1.82) is 0 Å². The lowest BCUT2D eigenvalue weighted by Gasteiger charge is -2.36. The second-order valence-electron chi connectivity index (χ2n) is 13.0. The first kappa shape index (κ1) is 38.1. The van der Waals surface area contributed by atoms with E-state index in [1.807, 2.05) is 11.9 Å². The highest BCUT2D eigenvalue weighted by Crippen LogP contribution is 2.43. The third kappa shape index (κ3) is 11.4. The number of nitrogens with zero attached hydrogens (tertiary/aromatic N) is 1. The maximum atomic E-state index is 13.2. The van der Waals surface area contributed by atoms with E-state index in [2.05, 4.69) is 31.2 Å². The molecule has 0 saturated carbocycles. The maximum Gasteiger partial charge on any atom is 0.508 e. The van der Waals surface area contributed by atoms with Crippen LogP contribution >= 0.6 is 11.6 Å². The SMILES string of the molecule is CCCCC/C=C\C/C=C\CCCCCCCCOC(=O)OC1CN(C)CCC1c1c(O)cc(O)c2c(=O)cc(-c3ccccc3Cl)oc12. The normalized spacial score (nSPS) is 17.0. The van der Waals surface area contributed by atoms with Gasteiger partial charge in [0.1, 0.15) is 34.3 Å². The number of halogens is 1. The Hall–Kier alpha value is -3.75. The molecule has 2 unspecified atom stereocenters. The van der Waals surface area contributed by atoms with Crippen LogP contribution in [0.2, 0.25) is 5.02 Å². The van der Waals surface area contributed by atoms with E-state index in [9.17, 15) is 19.8 Å². The van der Waals surface area contributed by atoms with Gasteiger partial charge in [-0.2, -0.15) is 0 Å². The Morgan fingerprint density at radius 2 is 1.65 bits per heavy atom. The van der Waals surface area contributed by atoms with Crippen molar-refractivity contribution in [3.8, 4) is 22.8 Å². The van der Waals surface area contributed by atoms with Gasteiger partial charge < -0.3 is 29.0 Å². The smallest absolute Gasteiger partial charge is 0.507 e. The number of hydrogen-bond acceptors (Lipinski definition) is 8. The van der Waals surface area contributed by atoms with Crippen molar-refractivity contribution in [1.82, 2.24) is 4.90 Å². The summed E-state index contributed by atoms with van der Waals surface area (Å²) in [6, 6.07) is 9.37. The molecule has 1 aromatic heterocycles. The Kier molecular flexibility index (Phi) is 15.6. The molecule has 0 aliphatic carbocycles. The Labute approximate surface area is 295 Å². The molecule has 0 radical (unpaired) electrons. The highest BCUT2D eigenvalue weighted by atomic mass is 35.5. The van der Waals surface area contributed by atoms with E-state index in [4.69, 9.17) is 25.5 Å². The molecule has 2 heterocycles. The molecule has 0 spiro atoms. The van der Waals surface area contributed by atoms with Gasteiger partial charge in [-0.25, -0.2) is 4.79 Å². The van der Waals surface area contributed by atoms with Gasteiger partial charge in [0.05, 0.1) is 11.6 Å². The summed E-state index contributed by atoms with van der Waals surface area (Å²) in [5.74, 6) is -0.957. The molecular formula is C40H52ClNO7. The molecule has 1 aliphatic heterocycles. The van der Waals surface area contributed by atoms with Gasteiger partial charge in [0.25, 0.3) is 0 Å². The van der Waals surface area contributed by atoms with Crippen LogP contribution in [0.4, 0.5) is 4.79 Å². The number of piperidine rings is 1. The number of phenols is 2. The maximum absolute atomic E-state index is 13.2. The van der Waals surface area contributed by atoms with Crippen LogP contribution in [-0.4, -0.2) is 54.1 Å². The van der Waals surface area contributed by atoms with Gasteiger partial charge in [-0.3, -0.25) is 4.79 Å². The quantitative estimate of drug-likeness (QED) is 0.0770. The van der Waals surface area contributed by atoms with Gasteiger partial charge in [0, 0.05) is 35.7 Å². The second-order valence-corrected chi connectivity index (χ2v) is 13.4. The number of benzene rings is 2. The zero-order valence-corrected chi connectivity index (χ0v) is 29.8. The van der Waals surface area contributed by atoms with Crippen LogP contribution in [0.25, 0.3) is 22.3 Å². The molecule has 49 heavy (non-hydrogen) atoms. The highest BCUT2D eigenvalue weighted by Gasteiger charge is 2.37. The lowest BCUT2D eigenvalue weighted by Crippen LogP contribution is -2.43. The van der Waals surface area contributed by atoms with E-state index in [-0.39, 0.29) is 29.1 Å². The predicted molar refractivity (Wildman–Crippen MR) is 197 cm³/mol. The third-order valence-corrected chi connectivity index (χ3v) is 9.41. The molecule has 9 heteroatoms. The van der Waals surface area contributed by atoms with Crippen LogP contribution in [0.15, 0.2) is 69.9 Å². The lowest BCUT2D eigenvalue weighted by molar-refractivity contribution is -0.0114. The molecule has 2 aromatic carbocycles. The van der Waals surface area contributed by atoms with Gasteiger partial charge in [-0.1, -0.05) is 93.5 Å². The number of phenolic OH excluding ortho intramolecular Hbond substituents is 2. The van der Waals surface area contributed by atoms with Gasteiger partial charge in [-0.15, -0.1) is 0 Å². The molecule has 4 rings (SSSR count). The third-order valence-electron chi connectivity index (χ3n) is 9.08. The van der Waals surface area contributed by atoms with Gasteiger partial charge in [-0.05, 0) is 70.7 Å². The van der Waals surface area contributed by atoms with Crippen LogP contribution in [0.5, 0.6) is 11.5 Å². The van der Waals surface area contributed by atoms with Gasteiger partial charge in [0.2, 0.25) is 0 Å². The molecule has 2 N–H and O–H groups in total. The first-order chi connectivity index (χ1) is 23.8. The van der Waals surface area contributed by atoms with Crippen molar-refractivity contribution < 1.29 is 28.9 Å². The summed E-state index contributed by atoms with van der Waals surface area (Å²) in [5.41, 5.74) is 0.362. The minimum absolute atomic E-state index is 0.0396. The van der Waals surface area contributed by atoms with Gasteiger partial charge >= 0.3 is 6.16 Å². The summed E-state index contributed by atoms with van der Waals surface area (Å²) >= 11 is 6.39. The summed E-state index contributed by atoms with van der Waals surface area (Å²) in [6.07, 6.45) is 21.7.